The van der Waals surface area contributed by atoms with Crippen LogP contribution in [0.5, 0.6) is 0 Å². The minimum atomic E-state index is -0.216. The van der Waals surface area contributed by atoms with Crippen LogP contribution in [-0.2, 0) is 4.79 Å². The first-order chi connectivity index (χ1) is 12.7. The monoisotopic (exact) mass is 354 g/mol. The fourth-order valence-corrected chi connectivity index (χ4v) is 3.64. The summed E-state index contributed by atoms with van der Waals surface area (Å²) in [7, 11) is 0. The molecule has 138 valence electrons. The van der Waals surface area contributed by atoms with Gasteiger partial charge in [0.05, 0.1) is 0 Å². The number of amides is 1. The van der Waals surface area contributed by atoms with Crippen molar-refractivity contribution < 1.29 is 9.18 Å². The molecule has 26 heavy (non-hydrogen) atoms. The first-order valence-electron chi connectivity index (χ1n) is 9.50. The van der Waals surface area contributed by atoms with Crippen molar-refractivity contribution in [1.82, 2.24) is 4.90 Å². The van der Waals surface area contributed by atoms with Gasteiger partial charge in [-0.15, -0.1) is 0 Å². The summed E-state index contributed by atoms with van der Waals surface area (Å²) in [6.07, 6.45) is 2.47. The van der Waals surface area contributed by atoms with E-state index < -0.39 is 0 Å². The maximum Gasteiger partial charge on any atom is 0.223 e. The molecule has 1 unspecified atom stereocenters. The van der Waals surface area contributed by atoms with Crippen LogP contribution >= 0.6 is 0 Å². The molecule has 0 radical (unpaired) electrons. The molecule has 1 saturated heterocycles. The molecule has 0 aliphatic carbocycles. The zero-order chi connectivity index (χ0) is 18.4. The highest BCUT2D eigenvalue weighted by atomic mass is 19.1. The Morgan fingerprint density at radius 2 is 1.73 bits per heavy atom. The lowest BCUT2D eigenvalue weighted by atomic mass is 9.93. The molecule has 0 spiro atoms. The molecule has 1 fully saturated rings. The van der Waals surface area contributed by atoms with Crippen LogP contribution in [0.3, 0.4) is 0 Å². The molecule has 0 N–H and O–H groups in total. The van der Waals surface area contributed by atoms with E-state index in [1.807, 2.05) is 35.2 Å². The quantitative estimate of drug-likeness (QED) is 0.792. The Labute approximate surface area is 155 Å². The lowest BCUT2D eigenvalue weighted by Crippen LogP contribution is -2.35. The average Bonchev–Trinajstić information content (AvgIpc) is 2.93. The Kier molecular flexibility index (Phi) is 6.26. The highest BCUT2D eigenvalue weighted by molar-refractivity contribution is 5.77. The molecule has 1 heterocycles. The maximum atomic E-state index is 13.1. The minimum Gasteiger partial charge on any atom is -0.370 e. The van der Waals surface area contributed by atoms with Gasteiger partial charge in [-0.25, -0.2) is 4.39 Å². The Morgan fingerprint density at radius 1 is 1.00 bits per heavy atom. The van der Waals surface area contributed by atoms with Crippen LogP contribution in [0.1, 0.15) is 37.7 Å². The molecule has 3 rings (SSSR count). The van der Waals surface area contributed by atoms with Crippen molar-refractivity contribution in [1.29, 1.82) is 0 Å². The van der Waals surface area contributed by atoms with Crippen molar-refractivity contribution in [3.63, 3.8) is 0 Å². The van der Waals surface area contributed by atoms with E-state index in [0.29, 0.717) is 6.42 Å². The van der Waals surface area contributed by atoms with Crippen molar-refractivity contribution in [2.75, 3.05) is 31.1 Å². The van der Waals surface area contributed by atoms with Crippen molar-refractivity contribution in [2.24, 2.45) is 0 Å². The van der Waals surface area contributed by atoms with Gasteiger partial charge < -0.3 is 9.80 Å². The average molecular weight is 354 g/mol. The van der Waals surface area contributed by atoms with Crippen molar-refractivity contribution >= 4 is 11.6 Å². The van der Waals surface area contributed by atoms with Crippen LogP contribution in [0, 0.1) is 5.82 Å². The molecule has 3 nitrogen and oxygen atoms in total. The second kappa shape index (κ2) is 8.84. The van der Waals surface area contributed by atoms with E-state index in [1.54, 1.807) is 0 Å². The topological polar surface area (TPSA) is 23.6 Å². The minimum absolute atomic E-state index is 0.216. The van der Waals surface area contributed by atoms with E-state index >= 15 is 0 Å². The third kappa shape index (κ3) is 4.63. The summed E-state index contributed by atoms with van der Waals surface area (Å²) in [5.74, 6) is 0.300. The zero-order valence-electron chi connectivity index (χ0n) is 15.4. The van der Waals surface area contributed by atoms with Crippen molar-refractivity contribution in [3.8, 4) is 0 Å². The summed E-state index contributed by atoms with van der Waals surface area (Å²) in [5.41, 5.74) is 2.27. The second-order valence-electron chi connectivity index (χ2n) is 6.92. The molecule has 4 heteroatoms. The number of benzene rings is 2. The molecular formula is C22H27FN2O. The smallest absolute Gasteiger partial charge is 0.223 e. The highest BCUT2D eigenvalue weighted by Gasteiger charge is 2.22. The van der Waals surface area contributed by atoms with E-state index in [-0.39, 0.29) is 17.6 Å². The van der Waals surface area contributed by atoms with Crippen LogP contribution in [0.15, 0.2) is 54.6 Å². The number of hydrogen-bond donors (Lipinski definition) is 0. The summed E-state index contributed by atoms with van der Waals surface area (Å²) >= 11 is 0. The first-order valence-corrected chi connectivity index (χ1v) is 9.50. The molecule has 1 aliphatic rings. The van der Waals surface area contributed by atoms with Gasteiger partial charge in [-0.05, 0) is 48.6 Å². The number of hydrogen-bond acceptors (Lipinski definition) is 2. The maximum absolute atomic E-state index is 13.1. The Bertz CT molecular complexity index is 702. The molecule has 1 amide bonds. The van der Waals surface area contributed by atoms with Crippen LogP contribution < -0.4 is 4.90 Å². The van der Waals surface area contributed by atoms with E-state index in [0.717, 1.165) is 44.7 Å². The second-order valence-corrected chi connectivity index (χ2v) is 6.92. The SMILES string of the molecule is CCC(CC(=O)N1CCCN(c2ccc(F)cc2)CC1)c1ccccc1. The summed E-state index contributed by atoms with van der Waals surface area (Å²) in [6.45, 7) is 5.34. The number of nitrogens with zero attached hydrogens (tertiary/aromatic N) is 2. The normalized spacial score (nSPS) is 16.2. The largest absolute Gasteiger partial charge is 0.370 e. The number of anilines is 1. The van der Waals surface area contributed by atoms with Gasteiger partial charge >= 0.3 is 0 Å². The summed E-state index contributed by atoms with van der Waals surface area (Å²) < 4.78 is 13.1. The van der Waals surface area contributed by atoms with E-state index in [2.05, 4.69) is 24.0 Å². The van der Waals surface area contributed by atoms with Crippen LogP contribution in [0.2, 0.25) is 0 Å². The van der Waals surface area contributed by atoms with E-state index in [4.69, 9.17) is 0 Å². The first kappa shape index (κ1) is 18.4. The summed E-state index contributed by atoms with van der Waals surface area (Å²) in [4.78, 5) is 17.1. The Hall–Kier alpha value is -2.36. The molecule has 0 saturated carbocycles. The summed E-state index contributed by atoms with van der Waals surface area (Å²) in [6, 6.07) is 16.9. The zero-order valence-corrected chi connectivity index (χ0v) is 15.4. The fraction of sp³-hybridized carbons (Fsp3) is 0.409. The lowest BCUT2D eigenvalue weighted by Gasteiger charge is -2.25. The molecule has 0 aromatic heterocycles. The van der Waals surface area contributed by atoms with Crippen LogP contribution in [0.25, 0.3) is 0 Å². The van der Waals surface area contributed by atoms with Crippen LogP contribution in [0.4, 0.5) is 10.1 Å². The third-order valence-electron chi connectivity index (χ3n) is 5.23. The number of carbonyl (C=O) groups excluding carboxylic acids is 1. The summed E-state index contributed by atoms with van der Waals surface area (Å²) in [5, 5.41) is 0. The predicted molar refractivity (Wildman–Crippen MR) is 104 cm³/mol. The highest BCUT2D eigenvalue weighted by Crippen LogP contribution is 2.24. The standard InChI is InChI=1S/C22H27FN2O/c1-2-18(19-7-4-3-5-8-19)17-22(26)25-14-6-13-24(15-16-25)21-11-9-20(23)10-12-21/h3-5,7-12,18H,2,6,13-17H2,1H3. The van der Waals surface area contributed by atoms with Gasteiger partial charge in [0, 0.05) is 38.3 Å². The predicted octanol–water partition coefficient (Wildman–Crippen LogP) is 4.45. The number of carbonyl (C=O) groups is 1. The van der Waals surface area contributed by atoms with Gasteiger partial charge in [0.15, 0.2) is 0 Å². The Morgan fingerprint density at radius 3 is 2.42 bits per heavy atom. The van der Waals surface area contributed by atoms with Crippen LogP contribution in [-0.4, -0.2) is 37.0 Å². The van der Waals surface area contributed by atoms with Gasteiger partial charge in [-0.1, -0.05) is 37.3 Å². The molecule has 1 atom stereocenters. The number of rotatable bonds is 5. The molecular weight excluding hydrogens is 327 g/mol. The molecule has 2 aromatic rings. The lowest BCUT2D eigenvalue weighted by molar-refractivity contribution is -0.131. The van der Waals surface area contributed by atoms with Crippen molar-refractivity contribution in [2.45, 2.75) is 32.1 Å². The molecule has 2 aromatic carbocycles. The molecule has 0 bridgehead atoms. The third-order valence-corrected chi connectivity index (χ3v) is 5.23. The van der Waals surface area contributed by atoms with Gasteiger partial charge in [-0.2, -0.15) is 0 Å². The van der Waals surface area contributed by atoms with E-state index in [9.17, 15) is 9.18 Å². The van der Waals surface area contributed by atoms with Gasteiger partial charge in [0.25, 0.3) is 0 Å². The van der Waals surface area contributed by atoms with Crippen molar-refractivity contribution in [3.05, 3.63) is 66.0 Å². The van der Waals surface area contributed by atoms with Gasteiger partial charge in [-0.3, -0.25) is 4.79 Å². The Balaban J connectivity index is 1.59. The van der Waals surface area contributed by atoms with Gasteiger partial charge in [0.1, 0.15) is 5.82 Å². The fourth-order valence-electron chi connectivity index (χ4n) is 3.64. The van der Waals surface area contributed by atoms with Gasteiger partial charge in [0.2, 0.25) is 5.91 Å². The molecule has 1 aliphatic heterocycles. The van der Waals surface area contributed by atoms with E-state index in [1.165, 1.54) is 17.7 Å². The number of halogens is 1.